The highest BCUT2D eigenvalue weighted by atomic mass is 19.1. The maximum atomic E-state index is 16.6. The monoisotopic (exact) mass is 602 g/mol. The van der Waals surface area contributed by atoms with Crippen LogP contribution in [0.25, 0.3) is 99.3 Å². The van der Waals surface area contributed by atoms with E-state index in [0.29, 0.717) is 11.2 Å². The summed E-state index contributed by atoms with van der Waals surface area (Å²) >= 11 is 0. The summed E-state index contributed by atoms with van der Waals surface area (Å²) in [6.45, 7) is 0. The maximum absolute atomic E-state index is 16.6. The third-order valence-corrected chi connectivity index (χ3v) is 9.87. The Morgan fingerprint density at radius 2 is 1.04 bits per heavy atom. The minimum absolute atomic E-state index is 0.255. The highest BCUT2D eigenvalue weighted by Crippen LogP contribution is 2.51. The second kappa shape index (κ2) is 8.89. The summed E-state index contributed by atoms with van der Waals surface area (Å²) in [6, 6.07) is 47.2. The zero-order chi connectivity index (χ0) is 30.8. The summed E-state index contributed by atoms with van der Waals surface area (Å²) in [5.41, 5.74) is 10.6. The molecule has 0 radical (unpaired) electrons. The number of halogens is 1. The molecule has 0 N–H and O–H groups in total. The molecule has 0 aliphatic heterocycles. The summed E-state index contributed by atoms with van der Waals surface area (Å²) in [6.07, 6.45) is 0. The summed E-state index contributed by atoms with van der Waals surface area (Å²) in [4.78, 5) is 10.4. The molecule has 1 aliphatic rings. The number of hydrogen-bond donors (Lipinski definition) is 0. The van der Waals surface area contributed by atoms with Gasteiger partial charge in [-0.15, -0.1) is 0 Å². The summed E-state index contributed by atoms with van der Waals surface area (Å²) in [7, 11) is 0. The van der Waals surface area contributed by atoms with Gasteiger partial charge in [0, 0.05) is 43.6 Å². The molecule has 0 saturated carbocycles. The van der Waals surface area contributed by atoms with Gasteiger partial charge in [0.25, 0.3) is 0 Å². The summed E-state index contributed by atoms with van der Waals surface area (Å²) < 4.78 is 21.1. The topological polar surface area (TPSA) is 35.6 Å². The van der Waals surface area contributed by atoms with Crippen molar-refractivity contribution in [2.75, 3.05) is 0 Å². The molecule has 0 bridgehead atoms. The third-order valence-electron chi connectivity index (χ3n) is 9.87. The molecule has 5 heteroatoms. The van der Waals surface area contributed by atoms with Gasteiger partial charge in [0.2, 0.25) is 0 Å². The van der Waals surface area contributed by atoms with Crippen LogP contribution in [-0.4, -0.2) is 19.1 Å². The average Bonchev–Trinajstić information content (AvgIpc) is 3.60. The van der Waals surface area contributed by atoms with Gasteiger partial charge < -0.3 is 4.57 Å². The fraction of sp³-hybridized carbons (Fsp3) is 0. The number of rotatable bonds is 3. The molecule has 47 heavy (non-hydrogen) atoms. The van der Waals surface area contributed by atoms with Crippen molar-refractivity contribution in [3.05, 3.63) is 145 Å². The van der Waals surface area contributed by atoms with E-state index < -0.39 is 0 Å². The van der Waals surface area contributed by atoms with Gasteiger partial charge in [0.05, 0.1) is 33.1 Å². The molecule has 0 fully saturated rings. The maximum Gasteiger partial charge on any atom is 0.165 e. The fourth-order valence-electron chi connectivity index (χ4n) is 8.02. The van der Waals surface area contributed by atoms with Crippen molar-refractivity contribution in [1.82, 2.24) is 19.1 Å². The van der Waals surface area contributed by atoms with E-state index in [1.54, 1.807) is 6.07 Å². The van der Waals surface area contributed by atoms with Gasteiger partial charge in [-0.3, -0.25) is 4.57 Å². The molecule has 7 aromatic carbocycles. The number of benzene rings is 7. The van der Waals surface area contributed by atoms with Crippen LogP contribution in [-0.2, 0) is 0 Å². The first-order valence-electron chi connectivity index (χ1n) is 15.8. The first kappa shape index (κ1) is 24.9. The zero-order valence-electron chi connectivity index (χ0n) is 24.9. The number of fused-ring (bicyclic) bond motifs is 2. The van der Waals surface area contributed by atoms with E-state index in [9.17, 15) is 0 Å². The number of hydrogen-bond acceptors (Lipinski definition) is 2. The second-order valence-corrected chi connectivity index (χ2v) is 12.3. The molecule has 0 unspecified atom stereocenters. The van der Waals surface area contributed by atoms with Gasteiger partial charge in [-0.2, -0.15) is 0 Å². The van der Waals surface area contributed by atoms with Crippen molar-refractivity contribution >= 4 is 65.4 Å². The lowest BCUT2D eigenvalue weighted by atomic mass is 9.98. The van der Waals surface area contributed by atoms with Crippen LogP contribution in [0.15, 0.2) is 140 Å². The van der Waals surface area contributed by atoms with Crippen molar-refractivity contribution < 1.29 is 4.39 Å². The van der Waals surface area contributed by atoms with Crippen LogP contribution in [0.5, 0.6) is 0 Å². The normalized spacial score (nSPS) is 12.4. The minimum atomic E-state index is -0.255. The van der Waals surface area contributed by atoms with E-state index in [1.165, 1.54) is 0 Å². The SMILES string of the molecule is Fc1cc2c3c4c(cccc4n2-c2nc4ccccc4nc2-c2ccccc2)-c2cccc4c2c2c3c1ccc2n4-c1ccccc1. The van der Waals surface area contributed by atoms with Gasteiger partial charge in [-0.05, 0) is 65.7 Å². The summed E-state index contributed by atoms with van der Waals surface area (Å²) in [5, 5.41) is 5.92. The first-order chi connectivity index (χ1) is 23.3. The molecular weight excluding hydrogens is 579 g/mol. The van der Waals surface area contributed by atoms with Crippen LogP contribution in [0.3, 0.4) is 0 Å². The number of nitrogens with zero attached hydrogens (tertiary/aromatic N) is 4. The molecule has 4 nitrogen and oxygen atoms in total. The Morgan fingerprint density at radius 3 is 1.77 bits per heavy atom. The molecule has 0 atom stereocenters. The van der Waals surface area contributed by atoms with Crippen molar-refractivity contribution in [2.24, 2.45) is 0 Å². The smallest absolute Gasteiger partial charge is 0.165 e. The van der Waals surface area contributed by atoms with Crippen LogP contribution < -0.4 is 0 Å². The average molecular weight is 603 g/mol. The van der Waals surface area contributed by atoms with Crippen molar-refractivity contribution in [3.63, 3.8) is 0 Å². The van der Waals surface area contributed by atoms with Crippen molar-refractivity contribution in [1.29, 1.82) is 0 Å². The number of para-hydroxylation sites is 3. The minimum Gasteiger partial charge on any atom is -0.309 e. The Balaban J connectivity index is 1.40. The summed E-state index contributed by atoms with van der Waals surface area (Å²) in [5.74, 6) is 0.425. The second-order valence-electron chi connectivity index (χ2n) is 12.3. The third kappa shape index (κ3) is 3.15. The first-order valence-corrected chi connectivity index (χ1v) is 15.8. The highest BCUT2D eigenvalue weighted by Gasteiger charge is 2.29. The molecule has 1 aliphatic carbocycles. The van der Waals surface area contributed by atoms with Crippen LogP contribution in [0.2, 0.25) is 0 Å². The standard InChI is InChI=1S/C42H23FN4/c43-29-23-35-40-37-27(26-15-9-19-32-36(26)39-34(22-21-28(29)38(39)40)46(32)25-13-5-2-6-14-25)16-10-20-33(37)47(35)42-41(24-11-3-1-4-12-24)44-30-17-7-8-18-31(30)45-42/h1-23H. The quantitative estimate of drug-likeness (QED) is 0.202. The van der Waals surface area contributed by atoms with Crippen molar-refractivity contribution in [2.45, 2.75) is 0 Å². The van der Waals surface area contributed by atoms with E-state index in [0.717, 1.165) is 88.1 Å². The van der Waals surface area contributed by atoms with Crippen LogP contribution in [0.1, 0.15) is 0 Å². The molecular formula is C42H23FN4. The lowest BCUT2D eigenvalue weighted by molar-refractivity contribution is 0.641. The largest absolute Gasteiger partial charge is 0.309 e. The molecule has 0 amide bonds. The number of aromatic nitrogens is 4. The van der Waals surface area contributed by atoms with Gasteiger partial charge in [0.1, 0.15) is 11.5 Å². The molecule has 3 aromatic heterocycles. The Bertz CT molecular complexity index is 2960. The predicted octanol–water partition coefficient (Wildman–Crippen LogP) is 10.8. The molecule has 10 aromatic rings. The van der Waals surface area contributed by atoms with E-state index in [-0.39, 0.29) is 5.82 Å². The van der Waals surface area contributed by atoms with Gasteiger partial charge in [0.15, 0.2) is 5.82 Å². The van der Waals surface area contributed by atoms with Gasteiger partial charge in [-0.1, -0.05) is 84.9 Å². The highest BCUT2D eigenvalue weighted by molar-refractivity contribution is 6.38. The molecule has 218 valence electrons. The lowest BCUT2D eigenvalue weighted by Crippen LogP contribution is -2.04. The van der Waals surface area contributed by atoms with Crippen LogP contribution in [0, 0.1) is 5.82 Å². The Morgan fingerprint density at radius 1 is 0.447 bits per heavy atom. The van der Waals surface area contributed by atoms with E-state index in [2.05, 4.69) is 88.0 Å². The molecule has 0 spiro atoms. The molecule has 3 heterocycles. The van der Waals surface area contributed by atoms with E-state index >= 15 is 4.39 Å². The Hall–Kier alpha value is -6.33. The zero-order valence-corrected chi connectivity index (χ0v) is 24.9. The van der Waals surface area contributed by atoms with E-state index in [1.807, 2.05) is 54.6 Å². The Labute approximate surface area is 267 Å². The fourth-order valence-corrected chi connectivity index (χ4v) is 8.02. The van der Waals surface area contributed by atoms with Crippen molar-refractivity contribution in [3.8, 4) is 33.9 Å². The van der Waals surface area contributed by atoms with Crippen LogP contribution >= 0.6 is 0 Å². The lowest BCUT2D eigenvalue weighted by Gasteiger charge is -2.14. The van der Waals surface area contributed by atoms with Crippen LogP contribution in [0.4, 0.5) is 4.39 Å². The molecule has 11 rings (SSSR count). The van der Waals surface area contributed by atoms with Gasteiger partial charge >= 0.3 is 0 Å². The van der Waals surface area contributed by atoms with E-state index in [4.69, 9.17) is 9.97 Å². The van der Waals surface area contributed by atoms with Gasteiger partial charge in [-0.25, -0.2) is 14.4 Å². The molecule has 0 saturated heterocycles. The predicted molar refractivity (Wildman–Crippen MR) is 190 cm³/mol. The Kier molecular flexibility index (Phi) is 4.72.